The highest BCUT2D eigenvalue weighted by atomic mass is 16.5. The quantitative estimate of drug-likeness (QED) is 0.799. The highest BCUT2D eigenvalue weighted by Crippen LogP contribution is 2.22. The van der Waals surface area contributed by atoms with Gasteiger partial charge in [0, 0.05) is 38.5 Å². The Morgan fingerprint density at radius 1 is 1.56 bits per heavy atom. The van der Waals surface area contributed by atoms with Gasteiger partial charge in [-0.05, 0) is 25.8 Å². The molecule has 1 heterocycles. The molecule has 0 amide bonds. The van der Waals surface area contributed by atoms with Crippen LogP contribution in [0.3, 0.4) is 0 Å². The van der Waals surface area contributed by atoms with Crippen molar-refractivity contribution in [1.29, 1.82) is 0 Å². The van der Waals surface area contributed by atoms with Crippen LogP contribution in [0, 0.1) is 0 Å². The number of hydrogen-bond donors (Lipinski definition) is 1. The van der Waals surface area contributed by atoms with Gasteiger partial charge in [-0.15, -0.1) is 0 Å². The number of nitrogens with one attached hydrogen (secondary N) is 1. The number of nitrogens with zero attached hydrogens (tertiary/aromatic N) is 2. The van der Waals surface area contributed by atoms with Crippen molar-refractivity contribution in [3.05, 3.63) is 23.9 Å². The molecule has 1 aromatic rings. The van der Waals surface area contributed by atoms with E-state index in [2.05, 4.69) is 35.2 Å². The van der Waals surface area contributed by atoms with Crippen molar-refractivity contribution in [2.24, 2.45) is 0 Å². The van der Waals surface area contributed by atoms with E-state index in [0.29, 0.717) is 12.6 Å². The van der Waals surface area contributed by atoms with E-state index in [1.165, 1.54) is 18.4 Å². The van der Waals surface area contributed by atoms with Crippen LogP contribution in [0.2, 0.25) is 0 Å². The predicted molar refractivity (Wildman–Crippen MR) is 73.8 cm³/mol. The van der Waals surface area contributed by atoms with Crippen molar-refractivity contribution in [2.45, 2.75) is 38.4 Å². The summed E-state index contributed by atoms with van der Waals surface area (Å²) in [5, 5.41) is 3.54. The molecular formula is C14H23N3O. The number of likely N-dealkylation sites (N-methyl/N-ethyl adjacent to an activating group) is 1. The maximum Gasteiger partial charge on any atom is 0.133 e. The summed E-state index contributed by atoms with van der Waals surface area (Å²) < 4.78 is 5.21. The minimum absolute atomic E-state index is 0.324. The summed E-state index contributed by atoms with van der Waals surface area (Å²) in [5.74, 6) is 1.05. The molecule has 4 nitrogen and oxygen atoms in total. The molecule has 100 valence electrons. The third-order valence-corrected chi connectivity index (χ3v) is 3.43. The molecule has 1 unspecified atom stereocenters. The number of aromatic nitrogens is 1. The van der Waals surface area contributed by atoms with Crippen LogP contribution in [0.5, 0.6) is 0 Å². The molecule has 1 aromatic heterocycles. The first-order chi connectivity index (χ1) is 8.72. The number of ether oxygens (including phenoxy) is 1. The van der Waals surface area contributed by atoms with Crippen molar-refractivity contribution >= 4 is 5.82 Å². The number of anilines is 1. The van der Waals surface area contributed by atoms with E-state index >= 15 is 0 Å². The first kappa shape index (κ1) is 13.3. The number of pyridine rings is 1. The highest BCUT2D eigenvalue weighted by molar-refractivity contribution is 5.46. The molecule has 4 heteroatoms. The molecule has 1 aliphatic carbocycles. The van der Waals surface area contributed by atoms with Crippen LogP contribution < -0.4 is 10.2 Å². The highest BCUT2D eigenvalue weighted by Gasteiger charge is 2.21. The Morgan fingerprint density at radius 2 is 2.33 bits per heavy atom. The molecule has 0 spiro atoms. The minimum atomic E-state index is 0.324. The topological polar surface area (TPSA) is 37.4 Å². The fourth-order valence-electron chi connectivity index (χ4n) is 1.99. The summed E-state index contributed by atoms with van der Waals surface area (Å²) in [7, 11) is 3.81. The molecule has 0 aromatic carbocycles. The predicted octanol–water partition coefficient (Wildman–Crippen LogP) is 1.80. The third kappa shape index (κ3) is 3.43. The summed E-state index contributed by atoms with van der Waals surface area (Å²) >= 11 is 0. The van der Waals surface area contributed by atoms with Crippen molar-refractivity contribution in [2.75, 3.05) is 25.7 Å². The van der Waals surface area contributed by atoms with Gasteiger partial charge in [0.2, 0.25) is 0 Å². The van der Waals surface area contributed by atoms with E-state index in [0.717, 1.165) is 18.4 Å². The fraction of sp³-hybridized carbons (Fsp3) is 0.643. The third-order valence-electron chi connectivity index (χ3n) is 3.43. The normalized spacial score (nSPS) is 16.6. The Kier molecular flexibility index (Phi) is 4.55. The molecule has 1 aliphatic rings. The maximum atomic E-state index is 5.21. The van der Waals surface area contributed by atoms with Gasteiger partial charge in [-0.1, -0.05) is 6.07 Å². The van der Waals surface area contributed by atoms with Gasteiger partial charge in [0.05, 0.1) is 12.6 Å². The molecule has 0 aliphatic heterocycles. The Hall–Kier alpha value is -1.13. The summed E-state index contributed by atoms with van der Waals surface area (Å²) in [6, 6.07) is 5.19. The van der Waals surface area contributed by atoms with Gasteiger partial charge in [0.25, 0.3) is 0 Å². The molecule has 0 saturated heterocycles. The molecule has 1 N–H and O–H groups in total. The van der Waals surface area contributed by atoms with Crippen molar-refractivity contribution < 1.29 is 4.74 Å². The van der Waals surface area contributed by atoms with Gasteiger partial charge < -0.3 is 15.0 Å². The van der Waals surface area contributed by atoms with E-state index in [9.17, 15) is 0 Å². The molecule has 0 radical (unpaired) electrons. The zero-order valence-electron chi connectivity index (χ0n) is 11.5. The van der Waals surface area contributed by atoms with Gasteiger partial charge in [0.1, 0.15) is 5.82 Å². The van der Waals surface area contributed by atoms with Crippen LogP contribution in [0.1, 0.15) is 25.3 Å². The lowest BCUT2D eigenvalue weighted by Crippen LogP contribution is -2.34. The lowest BCUT2D eigenvalue weighted by molar-refractivity contribution is 0.183. The second-order valence-electron chi connectivity index (χ2n) is 5.06. The lowest BCUT2D eigenvalue weighted by atomic mass is 10.2. The summed E-state index contributed by atoms with van der Waals surface area (Å²) in [6.07, 6.45) is 4.48. The molecule has 0 bridgehead atoms. The maximum absolute atomic E-state index is 5.21. The first-order valence-corrected chi connectivity index (χ1v) is 6.61. The van der Waals surface area contributed by atoms with Gasteiger partial charge in [-0.3, -0.25) is 0 Å². The van der Waals surface area contributed by atoms with Crippen molar-refractivity contribution in [3.8, 4) is 0 Å². The van der Waals surface area contributed by atoms with Gasteiger partial charge in [-0.2, -0.15) is 0 Å². The zero-order chi connectivity index (χ0) is 13.0. The first-order valence-electron chi connectivity index (χ1n) is 6.61. The fourth-order valence-corrected chi connectivity index (χ4v) is 1.99. The standard InChI is InChI=1S/C14H23N3O/c1-11(10-18-3)17(2)14-12(5-4-8-15-14)9-16-13-6-7-13/h4-5,8,11,13,16H,6-7,9-10H2,1-3H3. The van der Waals surface area contributed by atoms with Crippen molar-refractivity contribution in [3.63, 3.8) is 0 Å². The van der Waals surface area contributed by atoms with E-state index in [1.807, 2.05) is 12.3 Å². The van der Waals surface area contributed by atoms with Gasteiger partial charge >= 0.3 is 0 Å². The van der Waals surface area contributed by atoms with E-state index in [4.69, 9.17) is 4.74 Å². The van der Waals surface area contributed by atoms with Crippen LogP contribution >= 0.6 is 0 Å². The Balaban J connectivity index is 2.04. The van der Waals surface area contributed by atoms with Crippen molar-refractivity contribution in [1.82, 2.24) is 10.3 Å². The Labute approximate surface area is 109 Å². The minimum Gasteiger partial charge on any atom is -0.383 e. The molecule has 1 atom stereocenters. The van der Waals surface area contributed by atoms with E-state index in [-0.39, 0.29) is 0 Å². The second kappa shape index (κ2) is 6.16. The van der Waals surface area contributed by atoms with Crippen LogP contribution in [-0.4, -0.2) is 37.8 Å². The molecule has 1 fully saturated rings. The van der Waals surface area contributed by atoms with Crippen LogP contribution in [-0.2, 0) is 11.3 Å². The summed E-state index contributed by atoms with van der Waals surface area (Å²) in [4.78, 5) is 6.70. The Bertz CT molecular complexity index is 379. The molecule has 2 rings (SSSR count). The average Bonchev–Trinajstić information content (AvgIpc) is 3.20. The average molecular weight is 249 g/mol. The summed E-state index contributed by atoms with van der Waals surface area (Å²) in [5.41, 5.74) is 1.26. The number of rotatable bonds is 7. The van der Waals surface area contributed by atoms with Crippen LogP contribution in [0.25, 0.3) is 0 Å². The second-order valence-corrected chi connectivity index (χ2v) is 5.06. The van der Waals surface area contributed by atoms with Crippen LogP contribution in [0.4, 0.5) is 5.82 Å². The molecule has 18 heavy (non-hydrogen) atoms. The molecular weight excluding hydrogens is 226 g/mol. The zero-order valence-corrected chi connectivity index (χ0v) is 11.5. The monoisotopic (exact) mass is 249 g/mol. The number of hydrogen-bond acceptors (Lipinski definition) is 4. The SMILES string of the molecule is COCC(C)N(C)c1ncccc1CNC1CC1. The largest absolute Gasteiger partial charge is 0.383 e. The van der Waals surface area contributed by atoms with E-state index < -0.39 is 0 Å². The van der Waals surface area contributed by atoms with Gasteiger partial charge in [-0.25, -0.2) is 4.98 Å². The van der Waals surface area contributed by atoms with E-state index in [1.54, 1.807) is 7.11 Å². The number of methoxy groups -OCH3 is 1. The summed E-state index contributed by atoms with van der Waals surface area (Å²) in [6.45, 7) is 3.76. The Morgan fingerprint density at radius 3 is 3.00 bits per heavy atom. The van der Waals surface area contributed by atoms with Gasteiger partial charge in [0.15, 0.2) is 0 Å². The van der Waals surface area contributed by atoms with Crippen LogP contribution in [0.15, 0.2) is 18.3 Å². The lowest BCUT2D eigenvalue weighted by Gasteiger charge is -2.27. The molecule has 1 saturated carbocycles. The smallest absolute Gasteiger partial charge is 0.133 e.